The first-order valence-corrected chi connectivity index (χ1v) is 11.3. The van der Waals surface area contributed by atoms with Crippen molar-refractivity contribution in [3.63, 3.8) is 0 Å². The Labute approximate surface area is 170 Å². The second kappa shape index (κ2) is 8.21. The monoisotopic (exact) mass is 435 g/mol. The Bertz CT molecular complexity index is 1140. The number of rotatable bonds is 5. The zero-order chi connectivity index (χ0) is 20.3. The van der Waals surface area contributed by atoms with Crippen molar-refractivity contribution >= 4 is 45.1 Å². The van der Waals surface area contributed by atoms with E-state index >= 15 is 0 Å². The van der Waals surface area contributed by atoms with E-state index in [1.54, 1.807) is 30.7 Å². The number of sulfone groups is 1. The lowest BCUT2D eigenvalue weighted by atomic mass is 10.2. The number of benzene rings is 1. The second-order valence-corrected chi connectivity index (χ2v) is 8.75. The number of carbonyl (C=O) groups is 1. The molecule has 0 saturated heterocycles. The maximum absolute atomic E-state index is 12.6. The molecule has 2 heterocycles. The van der Waals surface area contributed by atoms with Crippen LogP contribution in [0.3, 0.4) is 0 Å². The maximum Gasteiger partial charge on any atom is 0.259 e. The Kier molecular flexibility index (Phi) is 5.92. The first kappa shape index (κ1) is 20.2. The van der Waals surface area contributed by atoms with Crippen molar-refractivity contribution in [3.05, 3.63) is 53.2 Å². The highest BCUT2D eigenvalue weighted by Crippen LogP contribution is 2.23. The summed E-state index contributed by atoms with van der Waals surface area (Å²) < 4.78 is 23.2. The highest BCUT2D eigenvalue weighted by Gasteiger charge is 2.17. The summed E-state index contributed by atoms with van der Waals surface area (Å²) >= 11 is 7.38. The van der Waals surface area contributed by atoms with Crippen LogP contribution in [-0.2, 0) is 9.84 Å². The molecule has 0 spiro atoms. The minimum Gasteiger partial charge on any atom is -0.290 e. The number of pyridine rings is 1. The normalized spacial score (nSPS) is 11.2. The summed E-state index contributed by atoms with van der Waals surface area (Å²) in [6.45, 7) is 0. The predicted molar refractivity (Wildman–Crippen MR) is 107 cm³/mol. The second-order valence-electron chi connectivity index (χ2n) is 5.55. The molecular formula is C17H14ClN5O3S2. The number of anilines is 1. The number of nitrogens with zero attached hydrogens (tertiary/aromatic N) is 4. The van der Waals surface area contributed by atoms with E-state index in [4.69, 9.17) is 11.6 Å². The molecule has 2 aromatic heterocycles. The standard InChI is InChI=1S/C17H14ClN5O3S2/c1-27-17-21-14(13-5-3-4-8-19-13)20-16(23-17)22-15(24)11-7-6-10(9-12(11)18)28(2,25)26/h3-9H,1-2H3,(H,20,21,22,23,24). The van der Waals surface area contributed by atoms with Crippen LogP contribution in [0, 0.1) is 0 Å². The van der Waals surface area contributed by atoms with Gasteiger partial charge in [0.15, 0.2) is 20.8 Å². The van der Waals surface area contributed by atoms with Crippen molar-refractivity contribution < 1.29 is 13.2 Å². The van der Waals surface area contributed by atoms with Gasteiger partial charge in [-0.3, -0.25) is 15.1 Å². The molecule has 0 saturated carbocycles. The van der Waals surface area contributed by atoms with Crippen LogP contribution in [0.15, 0.2) is 52.6 Å². The van der Waals surface area contributed by atoms with E-state index in [9.17, 15) is 13.2 Å². The molecule has 3 aromatic rings. The van der Waals surface area contributed by atoms with Crippen LogP contribution in [0.2, 0.25) is 5.02 Å². The van der Waals surface area contributed by atoms with Crippen molar-refractivity contribution in [1.29, 1.82) is 0 Å². The molecule has 1 aromatic carbocycles. The van der Waals surface area contributed by atoms with Gasteiger partial charge < -0.3 is 0 Å². The van der Waals surface area contributed by atoms with Gasteiger partial charge in [0, 0.05) is 12.5 Å². The number of halogens is 1. The lowest BCUT2D eigenvalue weighted by Gasteiger charge is -2.09. The van der Waals surface area contributed by atoms with Crippen LogP contribution in [-0.4, -0.2) is 46.8 Å². The first-order valence-electron chi connectivity index (χ1n) is 7.80. The van der Waals surface area contributed by atoms with E-state index in [2.05, 4.69) is 25.3 Å². The fourth-order valence-electron chi connectivity index (χ4n) is 2.19. The number of nitrogens with one attached hydrogen (secondary N) is 1. The maximum atomic E-state index is 12.6. The zero-order valence-electron chi connectivity index (χ0n) is 14.7. The highest BCUT2D eigenvalue weighted by atomic mass is 35.5. The molecule has 0 atom stereocenters. The Balaban J connectivity index is 1.92. The van der Waals surface area contributed by atoms with Crippen molar-refractivity contribution in [2.45, 2.75) is 10.1 Å². The van der Waals surface area contributed by atoms with Crippen molar-refractivity contribution in [2.75, 3.05) is 17.8 Å². The van der Waals surface area contributed by atoms with Crippen molar-refractivity contribution in [2.24, 2.45) is 0 Å². The van der Waals surface area contributed by atoms with Gasteiger partial charge in [0.05, 0.1) is 15.5 Å². The van der Waals surface area contributed by atoms with E-state index in [-0.39, 0.29) is 21.4 Å². The van der Waals surface area contributed by atoms with E-state index < -0.39 is 15.7 Å². The summed E-state index contributed by atoms with van der Waals surface area (Å²) in [4.78, 5) is 29.5. The summed E-state index contributed by atoms with van der Waals surface area (Å²) in [6, 6.07) is 9.19. The molecule has 0 fully saturated rings. The Morgan fingerprint density at radius 1 is 1.14 bits per heavy atom. The molecule has 0 aliphatic heterocycles. The molecule has 144 valence electrons. The minimum absolute atomic E-state index is 0.00419. The van der Waals surface area contributed by atoms with Gasteiger partial charge in [-0.05, 0) is 36.6 Å². The van der Waals surface area contributed by atoms with Gasteiger partial charge in [0.1, 0.15) is 5.69 Å². The van der Waals surface area contributed by atoms with Crippen LogP contribution < -0.4 is 5.32 Å². The molecule has 0 unspecified atom stereocenters. The van der Waals surface area contributed by atoms with E-state index in [0.717, 1.165) is 6.26 Å². The number of hydrogen-bond donors (Lipinski definition) is 1. The summed E-state index contributed by atoms with van der Waals surface area (Å²) in [5.74, 6) is -0.225. The highest BCUT2D eigenvalue weighted by molar-refractivity contribution is 7.98. The predicted octanol–water partition coefficient (Wildman–Crippen LogP) is 2.96. The summed E-state index contributed by atoms with van der Waals surface area (Å²) in [6.07, 6.45) is 4.47. The van der Waals surface area contributed by atoms with Gasteiger partial charge in [-0.25, -0.2) is 13.4 Å². The Hall–Kier alpha value is -2.56. The Morgan fingerprint density at radius 3 is 2.54 bits per heavy atom. The zero-order valence-corrected chi connectivity index (χ0v) is 17.1. The topological polar surface area (TPSA) is 115 Å². The average molecular weight is 436 g/mol. The molecule has 0 aliphatic rings. The molecule has 0 bridgehead atoms. The van der Waals surface area contributed by atoms with Crippen molar-refractivity contribution in [3.8, 4) is 11.5 Å². The molecule has 8 nitrogen and oxygen atoms in total. The molecule has 3 rings (SSSR count). The first-order chi connectivity index (χ1) is 13.3. The number of hydrogen-bond acceptors (Lipinski definition) is 8. The van der Waals surface area contributed by atoms with Gasteiger partial charge in [-0.2, -0.15) is 9.97 Å². The fourth-order valence-corrected chi connectivity index (χ4v) is 3.53. The average Bonchev–Trinajstić information content (AvgIpc) is 2.67. The number of thioether (sulfide) groups is 1. The van der Waals surface area contributed by atoms with Crippen LogP contribution in [0.25, 0.3) is 11.5 Å². The van der Waals surface area contributed by atoms with Crippen LogP contribution in [0.4, 0.5) is 5.95 Å². The number of amides is 1. The van der Waals surface area contributed by atoms with Gasteiger partial charge in [0.25, 0.3) is 5.91 Å². The third-order valence-corrected chi connectivity index (χ3v) is 5.50. The number of carbonyl (C=O) groups excluding carboxylic acids is 1. The van der Waals surface area contributed by atoms with Crippen molar-refractivity contribution in [1.82, 2.24) is 19.9 Å². The van der Waals surface area contributed by atoms with E-state index in [0.29, 0.717) is 16.7 Å². The van der Waals surface area contributed by atoms with Gasteiger partial charge in [-0.15, -0.1) is 0 Å². The quantitative estimate of drug-likeness (QED) is 0.608. The summed E-state index contributed by atoms with van der Waals surface area (Å²) in [5.41, 5.74) is 0.630. The number of aromatic nitrogens is 4. The lowest BCUT2D eigenvalue weighted by molar-refractivity contribution is 0.102. The Morgan fingerprint density at radius 2 is 1.93 bits per heavy atom. The van der Waals surface area contributed by atoms with E-state index in [1.807, 2.05) is 0 Å². The molecule has 0 radical (unpaired) electrons. The van der Waals surface area contributed by atoms with Gasteiger partial charge in [0.2, 0.25) is 5.95 Å². The molecule has 11 heteroatoms. The fraction of sp³-hybridized carbons (Fsp3) is 0.118. The SMILES string of the molecule is CSc1nc(NC(=O)c2ccc(S(C)(=O)=O)cc2Cl)nc(-c2ccccn2)n1. The summed E-state index contributed by atoms with van der Waals surface area (Å²) in [5, 5.41) is 2.98. The molecule has 1 N–H and O–H groups in total. The van der Waals surface area contributed by atoms with Gasteiger partial charge >= 0.3 is 0 Å². The minimum atomic E-state index is -3.43. The molecule has 1 amide bonds. The smallest absolute Gasteiger partial charge is 0.259 e. The molecule has 28 heavy (non-hydrogen) atoms. The van der Waals surface area contributed by atoms with Gasteiger partial charge in [-0.1, -0.05) is 29.4 Å². The molecule has 0 aliphatic carbocycles. The van der Waals surface area contributed by atoms with E-state index in [1.165, 1.54) is 30.0 Å². The summed E-state index contributed by atoms with van der Waals surface area (Å²) in [7, 11) is -3.43. The van der Waals surface area contributed by atoms with Crippen LogP contribution in [0.1, 0.15) is 10.4 Å². The third-order valence-electron chi connectivity index (χ3n) is 3.53. The van der Waals surface area contributed by atoms with Crippen LogP contribution in [0.5, 0.6) is 0 Å². The lowest BCUT2D eigenvalue weighted by Crippen LogP contribution is -2.16. The molecular weight excluding hydrogens is 422 g/mol. The third kappa shape index (κ3) is 4.64. The van der Waals surface area contributed by atoms with Crippen LogP contribution >= 0.6 is 23.4 Å². The largest absolute Gasteiger partial charge is 0.290 e.